The van der Waals surface area contributed by atoms with Crippen LogP contribution in [0, 0.1) is 17.2 Å². The molecule has 3 rings (SSSR count). The molecule has 0 heterocycles. The van der Waals surface area contributed by atoms with Crippen LogP contribution in [-0.2, 0) is 10.2 Å². The van der Waals surface area contributed by atoms with E-state index in [9.17, 15) is 15.2 Å². The summed E-state index contributed by atoms with van der Waals surface area (Å²) in [5.41, 5.74) is 0.277. The molecule has 2 fully saturated rings. The summed E-state index contributed by atoms with van der Waals surface area (Å²) in [7, 11) is 1.62. The van der Waals surface area contributed by atoms with Crippen molar-refractivity contribution < 1.29 is 39.7 Å². The first-order valence-corrected chi connectivity index (χ1v) is 9.07. The summed E-state index contributed by atoms with van der Waals surface area (Å²) in [5, 5.41) is 19.1. The van der Waals surface area contributed by atoms with Gasteiger partial charge in [0, 0.05) is 0 Å². The van der Waals surface area contributed by atoms with Crippen molar-refractivity contribution >= 4 is 5.97 Å². The van der Waals surface area contributed by atoms with Crippen LogP contribution in [-0.4, -0.2) is 24.3 Å². The summed E-state index contributed by atoms with van der Waals surface area (Å²) in [6.07, 6.45) is 6.89. The molecule has 0 amide bonds. The van der Waals surface area contributed by atoms with Crippen LogP contribution in [0.2, 0.25) is 0 Å². The summed E-state index contributed by atoms with van der Waals surface area (Å²) < 4.78 is 11.6. The smallest absolute Gasteiger partial charge is 1.00 e. The van der Waals surface area contributed by atoms with Gasteiger partial charge in [-0.15, -0.1) is 0 Å². The molecule has 136 valence electrons. The number of carboxylic acid groups (broad SMARTS) is 1. The van der Waals surface area contributed by atoms with E-state index in [0.717, 1.165) is 18.4 Å². The summed E-state index contributed by atoms with van der Waals surface area (Å²) in [6, 6.07) is 8.18. The molecule has 1 aromatic carbocycles. The van der Waals surface area contributed by atoms with E-state index in [4.69, 9.17) is 9.47 Å². The molecule has 0 saturated heterocycles. The molecular formula is C20H26LiNO4. The monoisotopic (exact) mass is 351 g/mol. The fourth-order valence-corrected chi connectivity index (χ4v) is 4.07. The zero-order valence-corrected chi connectivity index (χ0v) is 15.7. The molecule has 0 aromatic heterocycles. The zero-order chi connectivity index (χ0) is 17.9. The molecule has 5 nitrogen and oxygen atoms in total. The number of aliphatic carboxylic acids is 1. The Kier molecular flexibility index (Phi) is 7.04. The van der Waals surface area contributed by atoms with Crippen molar-refractivity contribution in [2.75, 3.05) is 7.11 Å². The van der Waals surface area contributed by atoms with Crippen molar-refractivity contribution in [1.82, 2.24) is 0 Å². The number of nitrogens with zero attached hydrogens (tertiary/aromatic N) is 1. The van der Waals surface area contributed by atoms with Gasteiger partial charge in [-0.2, -0.15) is 5.26 Å². The Morgan fingerprint density at radius 2 is 1.88 bits per heavy atom. The first-order valence-electron chi connectivity index (χ1n) is 9.07. The van der Waals surface area contributed by atoms with Crippen molar-refractivity contribution in [3.8, 4) is 17.6 Å². The second-order valence-electron chi connectivity index (χ2n) is 7.20. The number of rotatable bonds is 5. The van der Waals surface area contributed by atoms with Gasteiger partial charge in [0.05, 0.1) is 30.6 Å². The van der Waals surface area contributed by atoms with Crippen molar-refractivity contribution in [2.45, 2.75) is 62.9 Å². The Bertz CT molecular complexity index is 677. The number of carbonyl (C=O) groups is 1. The standard InChI is InChI=1S/C20H25NO4.Li.H/c1-24-17-7-6-15(12-18(17)25-16-4-2-3-5-16)20(13-21)10-8-14(9-11-20)19(22)23;;/h6-7,12,14,16H,2-5,8-11H2,1H3,(H,22,23);;/q;+1;-1. The van der Waals surface area contributed by atoms with Crippen LogP contribution in [0.4, 0.5) is 0 Å². The number of hydrogen-bond donors (Lipinski definition) is 1. The molecular weight excluding hydrogens is 325 g/mol. The van der Waals surface area contributed by atoms with Crippen molar-refractivity contribution in [3.63, 3.8) is 0 Å². The third-order valence-corrected chi connectivity index (χ3v) is 5.71. The average molecular weight is 351 g/mol. The van der Waals surface area contributed by atoms with Crippen LogP contribution < -0.4 is 28.3 Å². The van der Waals surface area contributed by atoms with E-state index in [1.54, 1.807) is 7.11 Å². The largest absolute Gasteiger partial charge is 1.00 e. The van der Waals surface area contributed by atoms with Crippen molar-refractivity contribution in [3.05, 3.63) is 23.8 Å². The Hall–Kier alpha value is -1.62. The number of methoxy groups -OCH3 is 1. The predicted molar refractivity (Wildman–Crippen MR) is 93.9 cm³/mol. The summed E-state index contributed by atoms with van der Waals surface area (Å²) in [4.78, 5) is 11.2. The molecule has 0 unspecified atom stereocenters. The van der Waals surface area contributed by atoms with Crippen LogP contribution in [0.25, 0.3) is 0 Å². The van der Waals surface area contributed by atoms with E-state index in [0.29, 0.717) is 37.2 Å². The van der Waals surface area contributed by atoms with Gasteiger partial charge in [0.2, 0.25) is 0 Å². The van der Waals surface area contributed by atoms with Gasteiger partial charge in [-0.25, -0.2) is 0 Å². The molecule has 0 spiro atoms. The second-order valence-corrected chi connectivity index (χ2v) is 7.20. The zero-order valence-electron chi connectivity index (χ0n) is 16.7. The van der Waals surface area contributed by atoms with E-state index in [1.807, 2.05) is 18.2 Å². The third-order valence-electron chi connectivity index (χ3n) is 5.71. The van der Waals surface area contributed by atoms with E-state index in [1.165, 1.54) is 12.8 Å². The van der Waals surface area contributed by atoms with Crippen LogP contribution in [0.1, 0.15) is 58.4 Å². The molecule has 2 saturated carbocycles. The van der Waals surface area contributed by atoms with Gasteiger partial charge >= 0.3 is 24.8 Å². The molecule has 0 radical (unpaired) electrons. The maximum absolute atomic E-state index is 11.2. The van der Waals surface area contributed by atoms with Gasteiger partial charge < -0.3 is 16.0 Å². The Balaban J connectivity index is 0.00000182. The molecule has 2 aliphatic rings. The second kappa shape index (κ2) is 8.85. The number of benzene rings is 1. The molecule has 2 aliphatic carbocycles. The first-order chi connectivity index (χ1) is 12.1. The van der Waals surface area contributed by atoms with Crippen LogP contribution in [0.3, 0.4) is 0 Å². The normalized spacial score (nSPS) is 25.8. The van der Waals surface area contributed by atoms with Gasteiger partial charge in [-0.3, -0.25) is 4.79 Å². The average Bonchev–Trinajstić information content (AvgIpc) is 3.14. The van der Waals surface area contributed by atoms with Crippen LogP contribution in [0.5, 0.6) is 11.5 Å². The van der Waals surface area contributed by atoms with E-state index < -0.39 is 11.4 Å². The summed E-state index contributed by atoms with van der Waals surface area (Å²) in [6.45, 7) is 0. The molecule has 6 heteroatoms. The van der Waals surface area contributed by atoms with Crippen LogP contribution >= 0.6 is 0 Å². The van der Waals surface area contributed by atoms with Crippen molar-refractivity contribution in [2.24, 2.45) is 5.92 Å². The Morgan fingerprint density at radius 1 is 1.23 bits per heavy atom. The Morgan fingerprint density at radius 3 is 2.42 bits per heavy atom. The van der Waals surface area contributed by atoms with Crippen molar-refractivity contribution in [1.29, 1.82) is 5.26 Å². The van der Waals surface area contributed by atoms with E-state index in [-0.39, 0.29) is 32.3 Å². The van der Waals surface area contributed by atoms with Gasteiger partial charge in [-0.05, 0) is 69.1 Å². The number of ether oxygens (including phenoxy) is 2. The molecule has 26 heavy (non-hydrogen) atoms. The van der Waals surface area contributed by atoms with Crippen LogP contribution in [0.15, 0.2) is 18.2 Å². The van der Waals surface area contributed by atoms with E-state index in [2.05, 4.69) is 6.07 Å². The summed E-state index contributed by atoms with van der Waals surface area (Å²) in [5.74, 6) is 0.283. The predicted octanol–water partition coefficient (Wildman–Crippen LogP) is 1.17. The van der Waals surface area contributed by atoms with Gasteiger partial charge in [0.15, 0.2) is 11.5 Å². The maximum atomic E-state index is 11.2. The third kappa shape index (κ3) is 4.19. The molecule has 0 bridgehead atoms. The fraction of sp³-hybridized carbons (Fsp3) is 0.600. The SMILES string of the molecule is COc1ccc(C2(C#N)CCC(C(=O)O)CC2)cc1OC1CCCC1.[H-].[Li+]. The molecule has 0 aliphatic heterocycles. The molecule has 1 aromatic rings. The number of carboxylic acids is 1. The molecule has 0 atom stereocenters. The number of nitriles is 1. The minimum atomic E-state index is -0.758. The molecule has 1 N–H and O–H groups in total. The number of hydrogen-bond acceptors (Lipinski definition) is 4. The quantitative estimate of drug-likeness (QED) is 0.806. The summed E-state index contributed by atoms with van der Waals surface area (Å²) >= 11 is 0. The maximum Gasteiger partial charge on any atom is 1.00 e. The minimum absolute atomic E-state index is 0. The first kappa shape index (κ1) is 20.7. The fourth-order valence-electron chi connectivity index (χ4n) is 4.07. The minimum Gasteiger partial charge on any atom is -1.00 e. The van der Waals surface area contributed by atoms with E-state index >= 15 is 0 Å². The Labute approximate surface area is 168 Å². The van der Waals surface area contributed by atoms with Gasteiger partial charge in [0.25, 0.3) is 0 Å². The topological polar surface area (TPSA) is 79.5 Å². The van der Waals surface area contributed by atoms with Gasteiger partial charge in [-0.1, -0.05) is 6.07 Å². The van der Waals surface area contributed by atoms with Gasteiger partial charge in [0.1, 0.15) is 0 Å².